The van der Waals surface area contributed by atoms with E-state index in [0.29, 0.717) is 36.0 Å². The van der Waals surface area contributed by atoms with E-state index in [0.717, 1.165) is 0 Å². The molecule has 2 atom stereocenters. The Hall–Kier alpha value is -1.82. The Morgan fingerprint density at radius 1 is 1.60 bits per heavy atom. The van der Waals surface area contributed by atoms with Crippen LogP contribution in [0.25, 0.3) is 0 Å². The smallest absolute Gasteiger partial charge is 0.248 e. The van der Waals surface area contributed by atoms with Crippen molar-refractivity contribution in [2.75, 3.05) is 6.54 Å². The third-order valence-electron chi connectivity index (χ3n) is 3.27. The van der Waals surface area contributed by atoms with E-state index in [9.17, 15) is 9.59 Å². The van der Waals surface area contributed by atoms with Gasteiger partial charge in [-0.15, -0.1) is 0 Å². The fourth-order valence-corrected chi connectivity index (χ4v) is 2.20. The number of nitrogens with two attached hydrogens (primary N) is 1. The molecule has 2 heterocycles. The van der Waals surface area contributed by atoms with Crippen molar-refractivity contribution < 1.29 is 9.59 Å². The number of nitrogens with zero attached hydrogens (tertiary/aromatic N) is 1. The lowest BCUT2D eigenvalue weighted by Crippen LogP contribution is -2.35. The van der Waals surface area contributed by atoms with Crippen LogP contribution in [0.15, 0.2) is 28.5 Å². The lowest BCUT2D eigenvalue weighted by atomic mass is 10.0. The number of primary amides is 1. The summed E-state index contributed by atoms with van der Waals surface area (Å²) in [6.45, 7) is 2.53. The Morgan fingerprint density at radius 2 is 2.35 bits per heavy atom. The van der Waals surface area contributed by atoms with Crippen LogP contribution in [0.1, 0.15) is 19.8 Å². The molecule has 0 aromatic heterocycles. The van der Waals surface area contributed by atoms with Gasteiger partial charge in [0, 0.05) is 18.0 Å². The zero-order valence-electron chi connectivity index (χ0n) is 11.1. The molecule has 2 amide bonds. The molecule has 1 saturated heterocycles. The summed E-state index contributed by atoms with van der Waals surface area (Å²) in [5.74, 6) is -0.236. The number of allylic oxidation sites excluding steroid dienone is 1. The van der Waals surface area contributed by atoms with Crippen molar-refractivity contribution in [2.45, 2.75) is 25.8 Å². The van der Waals surface area contributed by atoms with Crippen molar-refractivity contribution >= 4 is 28.6 Å². The minimum absolute atomic E-state index is 0.00563. The maximum atomic E-state index is 11.6. The Labute approximate surface area is 122 Å². The third-order valence-corrected chi connectivity index (χ3v) is 3.73. The van der Waals surface area contributed by atoms with E-state index in [-0.39, 0.29) is 17.9 Å². The van der Waals surface area contributed by atoms with Gasteiger partial charge in [-0.3, -0.25) is 9.59 Å². The zero-order valence-corrected chi connectivity index (χ0v) is 11.9. The van der Waals surface area contributed by atoms with E-state index in [2.05, 4.69) is 15.6 Å². The van der Waals surface area contributed by atoms with E-state index < -0.39 is 5.91 Å². The standard InChI is InChI=1S/C13H17ClN4O2/c1-7-2-3-8(12(15)19)6-10(18-11(7)14)17-9-4-5-16-13(9)20/h3,6-7,9,17H,2,4-5H2,1H3,(H2,15,19)(H,16,20)/b8-3-,10-6-,18-11+. The first-order valence-corrected chi connectivity index (χ1v) is 6.85. The van der Waals surface area contributed by atoms with Crippen LogP contribution in [0, 0.1) is 5.92 Å². The van der Waals surface area contributed by atoms with Crippen LogP contribution in [0.2, 0.25) is 0 Å². The van der Waals surface area contributed by atoms with Gasteiger partial charge in [-0.1, -0.05) is 24.6 Å². The zero-order chi connectivity index (χ0) is 14.7. The quantitative estimate of drug-likeness (QED) is 0.703. The van der Waals surface area contributed by atoms with Gasteiger partial charge in [-0.05, 0) is 18.9 Å². The van der Waals surface area contributed by atoms with Crippen LogP contribution in [0.5, 0.6) is 0 Å². The molecule has 2 unspecified atom stereocenters. The summed E-state index contributed by atoms with van der Waals surface area (Å²) in [4.78, 5) is 27.2. The van der Waals surface area contributed by atoms with E-state index in [1.165, 1.54) is 6.08 Å². The molecule has 20 heavy (non-hydrogen) atoms. The fourth-order valence-electron chi connectivity index (χ4n) is 2.02. The Kier molecular flexibility index (Phi) is 4.44. The van der Waals surface area contributed by atoms with Crippen molar-refractivity contribution in [3.8, 4) is 0 Å². The Bertz CT molecular complexity index is 524. The lowest BCUT2D eigenvalue weighted by molar-refractivity contribution is -0.120. The number of rotatable bonds is 3. The number of hydrogen-bond acceptors (Lipinski definition) is 4. The summed E-state index contributed by atoms with van der Waals surface area (Å²) in [6, 6.07) is -0.363. The van der Waals surface area contributed by atoms with Crippen LogP contribution in [0.3, 0.4) is 0 Å². The van der Waals surface area contributed by atoms with Crippen molar-refractivity contribution in [2.24, 2.45) is 16.6 Å². The fraction of sp³-hybridized carbons (Fsp3) is 0.462. The van der Waals surface area contributed by atoms with E-state index in [1.807, 2.05) is 6.92 Å². The van der Waals surface area contributed by atoms with Gasteiger partial charge in [-0.25, -0.2) is 4.99 Å². The van der Waals surface area contributed by atoms with Gasteiger partial charge < -0.3 is 16.4 Å². The maximum Gasteiger partial charge on any atom is 0.248 e. The average molecular weight is 297 g/mol. The number of carbonyl (C=O) groups is 2. The maximum absolute atomic E-state index is 11.6. The second-order valence-electron chi connectivity index (χ2n) is 4.90. The molecule has 4 N–H and O–H groups in total. The van der Waals surface area contributed by atoms with Gasteiger partial charge in [0.2, 0.25) is 11.8 Å². The number of aliphatic imine (C=N–C) groups is 1. The van der Waals surface area contributed by atoms with Crippen molar-refractivity contribution in [1.82, 2.24) is 10.6 Å². The summed E-state index contributed by atoms with van der Waals surface area (Å²) >= 11 is 6.11. The van der Waals surface area contributed by atoms with Crippen LogP contribution in [-0.2, 0) is 9.59 Å². The van der Waals surface area contributed by atoms with Crippen molar-refractivity contribution in [1.29, 1.82) is 0 Å². The molecule has 2 aliphatic rings. The predicted octanol–water partition coefficient (Wildman–Crippen LogP) is 0.395. The highest BCUT2D eigenvalue weighted by Crippen LogP contribution is 2.18. The summed E-state index contributed by atoms with van der Waals surface area (Å²) in [5.41, 5.74) is 5.69. The van der Waals surface area contributed by atoms with Crippen molar-refractivity contribution in [3.63, 3.8) is 0 Å². The van der Waals surface area contributed by atoms with Gasteiger partial charge in [0.1, 0.15) is 17.0 Å². The molecule has 7 heteroatoms. The number of hydrogen-bond donors (Lipinski definition) is 3. The minimum Gasteiger partial charge on any atom is -0.366 e. The molecule has 108 valence electrons. The number of halogens is 1. The highest BCUT2D eigenvalue weighted by atomic mass is 35.5. The lowest BCUT2D eigenvalue weighted by Gasteiger charge is -2.16. The van der Waals surface area contributed by atoms with Gasteiger partial charge in [0.05, 0.1) is 0 Å². The molecule has 0 spiro atoms. The van der Waals surface area contributed by atoms with Crippen LogP contribution < -0.4 is 16.4 Å². The first kappa shape index (κ1) is 14.6. The molecular formula is C13H17ClN4O2. The van der Waals surface area contributed by atoms with E-state index in [1.54, 1.807) is 6.08 Å². The molecule has 0 bridgehead atoms. The molecule has 0 saturated carbocycles. The highest BCUT2D eigenvalue weighted by Gasteiger charge is 2.25. The summed E-state index contributed by atoms with van der Waals surface area (Å²) < 4.78 is 0. The first-order chi connectivity index (χ1) is 9.47. The molecule has 6 nitrogen and oxygen atoms in total. The molecule has 2 aliphatic heterocycles. The average Bonchev–Trinajstić information content (AvgIpc) is 2.77. The predicted molar refractivity (Wildman–Crippen MR) is 77.0 cm³/mol. The van der Waals surface area contributed by atoms with Crippen LogP contribution in [-0.4, -0.2) is 29.6 Å². The molecule has 1 fully saturated rings. The van der Waals surface area contributed by atoms with Crippen LogP contribution in [0.4, 0.5) is 0 Å². The SMILES string of the molecule is CC1C/C=C(C(N)=O)/C=C(NC2CCNC2=O)\N=C/1Cl. The minimum atomic E-state index is -0.527. The second-order valence-corrected chi connectivity index (χ2v) is 5.29. The van der Waals surface area contributed by atoms with Crippen LogP contribution >= 0.6 is 11.6 Å². The number of nitrogens with one attached hydrogen (secondary N) is 2. The van der Waals surface area contributed by atoms with Gasteiger partial charge >= 0.3 is 0 Å². The molecule has 0 radical (unpaired) electrons. The normalized spacial score (nSPS) is 34.5. The van der Waals surface area contributed by atoms with Crippen molar-refractivity contribution in [3.05, 3.63) is 23.5 Å². The highest BCUT2D eigenvalue weighted by molar-refractivity contribution is 6.66. The molecule has 0 aromatic rings. The Balaban J connectivity index is 2.27. The summed E-state index contributed by atoms with van der Waals surface area (Å²) in [6.07, 6.45) is 4.52. The Morgan fingerprint density at radius 3 is 2.95 bits per heavy atom. The summed E-state index contributed by atoms with van der Waals surface area (Å²) in [7, 11) is 0. The van der Waals surface area contributed by atoms with Gasteiger partial charge in [0.15, 0.2) is 0 Å². The van der Waals surface area contributed by atoms with Gasteiger partial charge in [0.25, 0.3) is 0 Å². The number of amides is 2. The summed E-state index contributed by atoms with van der Waals surface area (Å²) in [5, 5.41) is 6.16. The third kappa shape index (κ3) is 3.39. The largest absolute Gasteiger partial charge is 0.366 e. The van der Waals surface area contributed by atoms with E-state index >= 15 is 0 Å². The topological polar surface area (TPSA) is 96.6 Å². The second kappa shape index (κ2) is 6.09. The van der Waals surface area contributed by atoms with E-state index in [4.69, 9.17) is 17.3 Å². The molecular weight excluding hydrogens is 280 g/mol. The monoisotopic (exact) mass is 296 g/mol. The molecule has 0 aromatic carbocycles. The van der Waals surface area contributed by atoms with Gasteiger partial charge in [-0.2, -0.15) is 0 Å². The molecule has 0 aliphatic carbocycles. The first-order valence-electron chi connectivity index (χ1n) is 6.47. The number of carbonyl (C=O) groups excluding carboxylic acids is 2. The molecule has 2 rings (SSSR count).